The van der Waals surface area contributed by atoms with Crippen LogP contribution >= 0.6 is 0 Å². The number of hydrogen-bond donors (Lipinski definition) is 0. The lowest BCUT2D eigenvalue weighted by Crippen LogP contribution is -2.15. The summed E-state index contributed by atoms with van der Waals surface area (Å²) in [6.07, 6.45) is 14.3. The van der Waals surface area contributed by atoms with E-state index in [1.54, 1.807) is 24.3 Å². The van der Waals surface area contributed by atoms with E-state index in [1.807, 2.05) is 48.5 Å². The van der Waals surface area contributed by atoms with Crippen LogP contribution in [0.4, 0.5) is 22.7 Å². The Hall–Kier alpha value is -7.48. The molecule has 0 saturated carbocycles. The molecule has 0 radical (unpaired) electrons. The molecule has 5 rings (SSSR count). The van der Waals surface area contributed by atoms with Gasteiger partial charge in [0, 0.05) is 11.6 Å². The maximum Gasteiger partial charge on any atom is 0.343 e. The van der Waals surface area contributed by atoms with Crippen LogP contribution in [-0.4, -0.2) is 50.3 Å². The SMILES string of the molecule is C=C(C)C(=O)OCCOC(=O)c1cc(OC(=O)c2ccc(N=Nc3ccc(OCCCCCCCC)cc3)cc2)cc(OC(=O)c2ccc(N=Nc3ccc(OCCCCCCCC)cc3)cc2)c1. The summed E-state index contributed by atoms with van der Waals surface area (Å²) in [6, 6.07) is 31.0. The number of nitrogens with zero attached hydrogens (tertiary/aromatic N) is 4. The van der Waals surface area contributed by atoms with Crippen LogP contribution in [0.15, 0.2) is 148 Å². The van der Waals surface area contributed by atoms with E-state index in [-0.39, 0.29) is 47.0 Å². The average Bonchev–Trinajstić information content (AvgIpc) is 3.36. The first-order chi connectivity index (χ1) is 33.6. The largest absolute Gasteiger partial charge is 0.494 e. The van der Waals surface area contributed by atoms with Gasteiger partial charge in [0.05, 0.1) is 52.7 Å². The number of carbonyl (C=O) groups excluding carboxylic acids is 4. The van der Waals surface area contributed by atoms with Crippen LogP contribution in [0.1, 0.15) is 129 Å². The first-order valence-corrected chi connectivity index (χ1v) is 23.7. The van der Waals surface area contributed by atoms with Crippen molar-refractivity contribution >= 4 is 46.6 Å². The predicted octanol–water partition coefficient (Wildman–Crippen LogP) is 14.7. The van der Waals surface area contributed by atoms with E-state index in [0.29, 0.717) is 36.0 Å². The second-order valence-corrected chi connectivity index (χ2v) is 16.2. The van der Waals surface area contributed by atoms with Gasteiger partial charge in [-0.3, -0.25) is 0 Å². The maximum atomic E-state index is 13.3. The quantitative estimate of drug-likeness (QED) is 0.0148. The highest BCUT2D eigenvalue weighted by atomic mass is 16.6. The molecule has 0 unspecified atom stereocenters. The molecule has 14 nitrogen and oxygen atoms in total. The summed E-state index contributed by atoms with van der Waals surface area (Å²) in [7, 11) is 0. The van der Waals surface area contributed by atoms with E-state index in [2.05, 4.69) is 40.9 Å². The van der Waals surface area contributed by atoms with Gasteiger partial charge in [-0.05, 0) is 129 Å². The molecule has 362 valence electrons. The van der Waals surface area contributed by atoms with E-state index in [1.165, 1.54) is 101 Å². The lowest BCUT2D eigenvalue weighted by Gasteiger charge is -2.11. The van der Waals surface area contributed by atoms with Gasteiger partial charge in [-0.2, -0.15) is 20.5 Å². The average molecular weight is 939 g/mol. The minimum Gasteiger partial charge on any atom is -0.494 e. The van der Waals surface area contributed by atoms with Crippen molar-refractivity contribution < 1.29 is 47.6 Å². The molecule has 5 aromatic rings. The highest BCUT2D eigenvalue weighted by molar-refractivity contribution is 5.95. The lowest BCUT2D eigenvalue weighted by atomic mass is 10.1. The van der Waals surface area contributed by atoms with Crippen LogP contribution in [0.3, 0.4) is 0 Å². The van der Waals surface area contributed by atoms with Gasteiger partial charge in [-0.1, -0.05) is 84.6 Å². The van der Waals surface area contributed by atoms with Gasteiger partial charge in [0.25, 0.3) is 0 Å². The fraction of sp³-hybridized carbons (Fsp3) is 0.345. The molecule has 5 aromatic carbocycles. The molecule has 0 aliphatic carbocycles. The van der Waals surface area contributed by atoms with Crippen molar-refractivity contribution in [1.29, 1.82) is 0 Å². The van der Waals surface area contributed by atoms with Crippen molar-refractivity contribution in [3.8, 4) is 23.0 Å². The zero-order chi connectivity index (χ0) is 49.1. The van der Waals surface area contributed by atoms with Crippen LogP contribution in [0.5, 0.6) is 23.0 Å². The first kappa shape index (κ1) is 52.5. The second kappa shape index (κ2) is 29.3. The third-order valence-corrected chi connectivity index (χ3v) is 10.4. The standard InChI is InChI=1S/C55H62N4O10/c1-5-7-9-11-13-15-33-64-48-29-25-46(26-30-48)58-56-44-21-17-41(18-22-44)54(62)68-50-37-43(53(61)67-36-35-66-52(60)40(3)4)38-51(39-50)69-55(63)42-19-23-45(24-20-42)57-59-47-27-31-49(32-28-47)65-34-16-14-12-10-8-6-2/h17-32,37-39H,3,5-16,33-36H2,1-2,4H3. The van der Waals surface area contributed by atoms with Crippen LogP contribution in [0.25, 0.3) is 0 Å². The number of hydrogen-bond acceptors (Lipinski definition) is 14. The Kier molecular flexibility index (Phi) is 22.3. The molecule has 0 N–H and O–H groups in total. The topological polar surface area (TPSA) is 173 Å². The molecular formula is C55H62N4O10. The summed E-state index contributed by atoms with van der Waals surface area (Å²) in [5.41, 5.74) is 2.69. The summed E-state index contributed by atoms with van der Waals surface area (Å²) in [5, 5.41) is 17.1. The van der Waals surface area contributed by atoms with E-state index >= 15 is 0 Å². The van der Waals surface area contributed by atoms with Gasteiger partial charge in [0.15, 0.2) is 0 Å². The summed E-state index contributed by atoms with van der Waals surface area (Å²) in [5.74, 6) is -1.69. The molecule has 0 aliphatic heterocycles. The summed E-state index contributed by atoms with van der Waals surface area (Å²) < 4.78 is 33.3. The summed E-state index contributed by atoms with van der Waals surface area (Å²) in [4.78, 5) is 51.6. The molecule has 0 atom stereocenters. The second-order valence-electron chi connectivity index (χ2n) is 16.2. The molecule has 0 spiro atoms. The fourth-order valence-corrected chi connectivity index (χ4v) is 6.54. The van der Waals surface area contributed by atoms with Gasteiger partial charge in [0.1, 0.15) is 36.2 Å². The third-order valence-electron chi connectivity index (χ3n) is 10.4. The molecule has 0 bridgehead atoms. The van der Waals surface area contributed by atoms with E-state index in [0.717, 1.165) is 37.2 Å². The number of esters is 4. The zero-order valence-electron chi connectivity index (χ0n) is 39.9. The minimum absolute atomic E-state index is 0.101. The number of rotatable bonds is 29. The van der Waals surface area contributed by atoms with Crippen molar-refractivity contribution in [2.45, 2.75) is 97.8 Å². The van der Waals surface area contributed by atoms with Crippen LogP contribution in [0, 0.1) is 0 Å². The smallest absolute Gasteiger partial charge is 0.343 e. The van der Waals surface area contributed by atoms with Crippen molar-refractivity contribution in [3.05, 3.63) is 144 Å². The fourth-order valence-electron chi connectivity index (χ4n) is 6.54. The van der Waals surface area contributed by atoms with Crippen molar-refractivity contribution in [2.24, 2.45) is 20.5 Å². The Bertz CT molecular complexity index is 2320. The molecule has 0 heterocycles. The number of azo groups is 2. The third kappa shape index (κ3) is 19.3. The van der Waals surface area contributed by atoms with Gasteiger partial charge in [0.2, 0.25) is 0 Å². The molecular weight excluding hydrogens is 877 g/mol. The van der Waals surface area contributed by atoms with E-state index < -0.39 is 23.9 Å². The Morgan fingerprint density at radius 1 is 0.406 bits per heavy atom. The predicted molar refractivity (Wildman–Crippen MR) is 264 cm³/mol. The number of benzene rings is 5. The van der Waals surface area contributed by atoms with Crippen LogP contribution < -0.4 is 18.9 Å². The maximum absolute atomic E-state index is 13.3. The number of ether oxygens (including phenoxy) is 6. The molecule has 0 saturated heterocycles. The Morgan fingerprint density at radius 2 is 0.768 bits per heavy atom. The highest BCUT2D eigenvalue weighted by Crippen LogP contribution is 2.28. The molecule has 0 aromatic heterocycles. The zero-order valence-corrected chi connectivity index (χ0v) is 39.9. The summed E-state index contributed by atoms with van der Waals surface area (Å²) >= 11 is 0. The number of unbranched alkanes of at least 4 members (excludes halogenated alkanes) is 10. The van der Waals surface area contributed by atoms with Crippen molar-refractivity contribution in [3.63, 3.8) is 0 Å². The molecule has 69 heavy (non-hydrogen) atoms. The Morgan fingerprint density at radius 3 is 1.16 bits per heavy atom. The van der Waals surface area contributed by atoms with E-state index in [4.69, 9.17) is 28.4 Å². The molecule has 0 amide bonds. The van der Waals surface area contributed by atoms with Crippen molar-refractivity contribution in [2.75, 3.05) is 26.4 Å². The normalized spacial score (nSPS) is 11.1. The van der Waals surface area contributed by atoms with Gasteiger partial charge in [-0.15, -0.1) is 0 Å². The highest BCUT2D eigenvalue weighted by Gasteiger charge is 2.18. The monoisotopic (exact) mass is 938 g/mol. The van der Waals surface area contributed by atoms with Crippen LogP contribution in [-0.2, 0) is 14.3 Å². The van der Waals surface area contributed by atoms with Gasteiger partial charge in [-0.25, -0.2) is 19.2 Å². The van der Waals surface area contributed by atoms with Gasteiger partial charge >= 0.3 is 23.9 Å². The Labute approximate surface area is 404 Å². The molecule has 14 heteroatoms. The van der Waals surface area contributed by atoms with Gasteiger partial charge < -0.3 is 28.4 Å². The van der Waals surface area contributed by atoms with E-state index in [9.17, 15) is 19.2 Å². The Balaban J connectivity index is 1.18. The van der Waals surface area contributed by atoms with Crippen LogP contribution in [0.2, 0.25) is 0 Å². The minimum atomic E-state index is -0.855. The van der Waals surface area contributed by atoms with Crippen molar-refractivity contribution in [1.82, 2.24) is 0 Å². The lowest BCUT2D eigenvalue weighted by molar-refractivity contribution is -0.140. The molecule has 0 aliphatic rings. The summed E-state index contributed by atoms with van der Waals surface area (Å²) in [6.45, 7) is 10.3. The number of carbonyl (C=O) groups is 4. The molecule has 0 fully saturated rings. The first-order valence-electron chi connectivity index (χ1n) is 23.7.